The molecule has 0 fully saturated rings. The normalized spacial score (nSPS) is 11.7. The lowest BCUT2D eigenvalue weighted by Gasteiger charge is -2.10. The van der Waals surface area contributed by atoms with Gasteiger partial charge in [-0.2, -0.15) is 0 Å². The fourth-order valence-corrected chi connectivity index (χ4v) is 2.09. The lowest BCUT2D eigenvalue weighted by molar-refractivity contribution is 0.922. The zero-order chi connectivity index (χ0) is 12.8. The van der Waals surface area contributed by atoms with Gasteiger partial charge in [-0.3, -0.25) is 4.99 Å². The highest BCUT2D eigenvalue weighted by atomic mass is 35.5. The molecule has 1 N–H and O–H groups in total. The monoisotopic (exact) mass is 292 g/mol. The van der Waals surface area contributed by atoms with Crippen LogP contribution in [0.5, 0.6) is 0 Å². The molecule has 0 bridgehead atoms. The summed E-state index contributed by atoms with van der Waals surface area (Å²) in [6, 6.07) is 3.45. The van der Waals surface area contributed by atoms with Crippen molar-refractivity contribution in [2.75, 3.05) is 13.1 Å². The smallest absolute Gasteiger partial charge is 0.101 e. The van der Waals surface area contributed by atoms with Crippen molar-refractivity contribution in [2.24, 2.45) is 4.99 Å². The van der Waals surface area contributed by atoms with E-state index in [0.717, 1.165) is 24.5 Å². The number of nitrogens with zero attached hydrogens (tertiary/aromatic N) is 1. The average Bonchev–Trinajstić information content (AvgIpc) is 2.26. The van der Waals surface area contributed by atoms with Gasteiger partial charge in [-0.1, -0.05) is 34.8 Å². The molecule has 1 rings (SSSR count). The molecule has 0 aromatic heterocycles. The molecule has 0 aliphatic carbocycles. The van der Waals surface area contributed by atoms with E-state index < -0.39 is 0 Å². The Morgan fingerprint density at radius 3 is 2.35 bits per heavy atom. The predicted octanol–water partition coefficient (Wildman–Crippen LogP) is 4.22. The molecule has 0 unspecified atom stereocenters. The molecule has 0 radical (unpaired) electrons. The van der Waals surface area contributed by atoms with Crippen LogP contribution in [0.4, 0.5) is 0 Å². The summed E-state index contributed by atoms with van der Waals surface area (Å²) >= 11 is 18.0. The van der Waals surface area contributed by atoms with Crippen LogP contribution in [0, 0.1) is 0 Å². The SMILES string of the molecule is CCN=C(Cc1cc(Cl)c(Cl)cc1Cl)NCC. The van der Waals surface area contributed by atoms with Crippen molar-refractivity contribution in [3.8, 4) is 0 Å². The van der Waals surface area contributed by atoms with E-state index in [9.17, 15) is 0 Å². The molecule has 0 atom stereocenters. The quantitative estimate of drug-likeness (QED) is 0.502. The van der Waals surface area contributed by atoms with Crippen LogP contribution >= 0.6 is 34.8 Å². The Bertz CT molecular complexity index is 416. The van der Waals surface area contributed by atoms with E-state index in [0.29, 0.717) is 21.5 Å². The Labute approximate surface area is 117 Å². The van der Waals surface area contributed by atoms with Gasteiger partial charge in [0.1, 0.15) is 5.84 Å². The molecule has 17 heavy (non-hydrogen) atoms. The van der Waals surface area contributed by atoms with Gasteiger partial charge < -0.3 is 5.32 Å². The Morgan fingerprint density at radius 1 is 1.12 bits per heavy atom. The van der Waals surface area contributed by atoms with E-state index in [-0.39, 0.29) is 0 Å². The van der Waals surface area contributed by atoms with Crippen molar-refractivity contribution in [2.45, 2.75) is 20.3 Å². The molecular weight excluding hydrogens is 279 g/mol. The molecule has 0 aliphatic rings. The molecule has 0 amide bonds. The fourth-order valence-electron chi connectivity index (χ4n) is 1.45. The van der Waals surface area contributed by atoms with Crippen molar-refractivity contribution < 1.29 is 0 Å². The first-order valence-corrected chi connectivity index (χ1v) is 6.62. The van der Waals surface area contributed by atoms with Gasteiger partial charge in [-0.05, 0) is 31.5 Å². The number of halogens is 3. The highest BCUT2D eigenvalue weighted by Gasteiger charge is 2.08. The predicted molar refractivity (Wildman–Crippen MR) is 76.8 cm³/mol. The first-order chi connectivity index (χ1) is 8.08. The van der Waals surface area contributed by atoms with E-state index in [2.05, 4.69) is 10.3 Å². The molecule has 94 valence electrons. The maximum absolute atomic E-state index is 6.12. The maximum Gasteiger partial charge on any atom is 0.101 e. The van der Waals surface area contributed by atoms with Crippen molar-refractivity contribution in [3.05, 3.63) is 32.8 Å². The van der Waals surface area contributed by atoms with Crippen molar-refractivity contribution in [1.29, 1.82) is 0 Å². The third kappa shape index (κ3) is 4.38. The lowest BCUT2D eigenvalue weighted by atomic mass is 10.1. The Hall–Kier alpha value is -0.440. The molecule has 5 heteroatoms. The maximum atomic E-state index is 6.12. The molecule has 1 aromatic carbocycles. The number of aliphatic imine (C=N–C) groups is 1. The number of hydrogen-bond donors (Lipinski definition) is 1. The zero-order valence-electron chi connectivity index (χ0n) is 9.86. The summed E-state index contributed by atoms with van der Waals surface area (Å²) in [6.07, 6.45) is 0.636. The summed E-state index contributed by atoms with van der Waals surface area (Å²) in [4.78, 5) is 4.37. The zero-order valence-corrected chi connectivity index (χ0v) is 12.1. The minimum atomic E-state index is 0.470. The van der Waals surface area contributed by atoms with Crippen molar-refractivity contribution in [3.63, 3.8) is 0 Å². The Morgan fingerprint density at radius 2 is 1.76 bits per heavy atom. The molecule has 0 saturated carbocycles. The number of benzene rings is 1. The minimum Gasteiger partial charge on any atom is -0.374 e. The van der Waals surface area contributed by atoms with Crippen LogP contribution < -0.4 is 5.32 Å². The van der Waals surface area contributed by atoms with Gasteiger partial charge in [0.15, 0.2) is 0 Å². The van der Waals surface area contributed by atoms with E-state index in [1.165, 1.54) is 0 Å². The van der Waals surface area contributed by atoms with Crippen LogP contribution in [-0.4, -0.2) is 18.9 Å². The Kier molecular flexibility index (Phi) is 6.10. The molecule has 1 aromatic rings. The van der Waals surface area contributed by atoms with Crippen molar-refractivity contribution in [1.82, 2.24) is 5.32 Å². The van der Waals surface area contributed by atoms with Crippen LogP contribution in [0.3, 0.4) is 0 Å². The highest BCUT2D eigenvalue weighted by molar-refractivity contribution is 6.43. The molecule has 0 saturated heterocycles. The first kappa shape index (κ1) is 14.6. The van der Waals surface area contributed by atoms with Crippen LogP contribution in [0.15, 0.2) is 17.1 Å². The van der Waals surface area contributed by atoms with E-state index in [1.807, 2.05) is 13.8 Å². The van der Waals surface area contributed by atoms with E-state index in [1.54, 1.807) is 12.1 Å². The van der Waals surface area contributed by atoms with Gasteiger partial charge in [0.2, 0.25) is 0 Å². The van der Waals surface area contributed by atoms with Crippen LogP contribution in [0.25, 0.3) is 0 Å². The Balaban J connectivity index is 2.93. The number of hydrogen-bond acceptors (Lipinski definition) is 1. The first-order valence-electron chi connectivity index (χ1n) is 5.49. The van der Waals surface area contributed by atoms with Gasteiger partial charge >= 0.3 is 0 Å². The number of likely N-dealkylation sites (N-methyl/N-ethyl adjacent to an activating group) is 1. The second-order valence-corrected chi connectivity index (χ2v) is 4.71. The molecule has 0 aliphatic heterocycles. The second kappa shape index (κ2) is 7.10. The second-order valence-electron chi connectivity index (χ2n) is 3.49. The molecule has 0 heterocycles. The third-order valence-corrected chi connectivity index (χ3v) is 3.25. The highest BCUT2D eigenvalue weighted by Crippen LogP contribution is 2.29. The van der Waals surface area contributed by atoms with Gasteiger partial charge in [0.25, 0.3) is 0 Å². The third-order valence-electron chi connectivity index (χ3n) is 2.18. The van der Waals surface area contributed by atoms with Gasteiger partial charge in [-0.15, -0.1) is 0 Å². The summed E-state index contributed by atoms with van der Waals surface area (Å²) in [6.45, 7) is 5.59. The van der Waals surface area contributed by atoms with Crippen LogP contribution in [0.2, 0.25) is 15.1 Å². The van der Waals surface area contributed by atoms with Gasteiger partial charge in [-0.25, -0.2) is 0 Å². The number of nitrogens with one attached hydrogen (secondary N) is 1. The standard InChI is InChI=1S/C12H15Cl3N2/c1-3-16-12(17-4-2)6-8-5-10(14)11(15)7-9(8)13/h5,7H,3-4,6H2,1-2H3,(H,16,17). The summed E-state index contributed by atoms with van der Waals surface area (Å²) in [7, 11) is 0. The van der Waals surface area contributed by atoms with E-state index in [4.69, 9.17) is 34.8 Å². The average molecular weight is 294 g/mol. The largest absolute Gasteiger partial charge is 0.374 e. The van der Waals surface area contributed by atoms with Crippen LogP contribution in [0.1, 0.15) is 19.4 Å². The van der Waals surface area contributed by atoms with Crippen molar-refractivity contribution >= 4 is 40.6 Å². The number of rotatable bonds is 4. The summed E-state index contributed by atoms with van der Waals surface area (Å²) in [5.74, 6) is 0.912. The molecule has 2 nitrogen and oxygen atoms in total. The fraction of sp³-hybridized carbons (Fsp3) is 0.417. The van der Waals surface area contributed by atoms with Gasteiger partial charge in [0.05, 0.1) is 10.0 Å². The summed E-state index contributed by atoms with van der Waals surface area (Å²) in [5, 5.41) is 4.80. The molecule has 0 spiro atoms. The van der Waals surface area contributed by atoms with Crippen LogP contribution in [-0.2, 0) is 6.42 Å². The number of amidine groups is 1. The lowest BCUT2D eigenvalue weighted by Crippen LogP contribution is -2.25. The summed E-state index contributed by atoms with van der Waals surface area (Å²) in [5.41, 5.74) is 0.925. The molecular formula is C12H15Cl3N2. The van der Waals surface area contributed by atoms with E-state index >= 15 is 0 Å². The van der Waals surface area contributed by atoms with Gasteiger partial charge in [0, 0.05) is 24.5 Å². The minimum absolute atomic E-state index is 0.470. The topological polar surface area (TPSA) is 24.4 Å². The summed E-state index contributed by atoms with van der Waals surface area (Å²) < 4.78 is 0.